The molecular weight excluding hydrogens is 297 g/mol. The van der Waals surface area contributed by atoms with Crippen LogP contribution in [0.3, 0.4) is 0 Å². The Labute approximate surface area is 114 Å². The van der Waals surface area contributed by atoms with Gasteiger partial charge in [0.15, 0.2) is 0 Å². The Hall–Kier alpha value is -2.73. The van der Waals surface area contributed by atoms with Crippen molar-refractivity contribution >= 4 is 11.8 Å². The lowest BCUT2D eigenvalue weighted by Crippen LogP contribution is -2.04. The van der Waals surface area contributed by atoms with Gasteiger partial charge in [0.1, 0.15) is 5.75 Å². The van der Waals surface area contributed by atoms with E-state index in [1.54, 1.807) is 0 Å². The third-order valence-electron chi connectivity index (χ3n) is 2.38. The van der Waals surface area contributed by atoms with Crippen LogP contribution in [0.1, 0.15) is 0 Å². The van der Waals surface area contributed by atoms with Crippen molar-refractivity contribution in [2.45, 2.75) is 0 Å². The molecule has 0 aliphatic heterocycles. The molecule has 0 atom stereocenters. The highest BCUT2D eigenvalue weighted by atomic mass is 19.2. The number of benzene rings is 2. The Kier molecular flexibility index (Phi) is 4.00. The van der Waals surface area contributed by atoms with E-state index in [4.69, 9.17) is 0 Å². The van der Waals surface area contributed by atoms with Crippen LogP contribution in [-0.4, -0.2) is 6.08 Å². The second-order valence-corrected chi connectivity index (χ2v) is 3.70. The van der Waals surface area contributed by atoms with Gasteiger partial charge in [-0.2, -0.15) is 13.8 Å². The predicted octanol–water partition coefficient (Wildman–Crippen LogP) is 4.14. The zero-order valence-corrected chi connectivity index (χ0v) is 9.96. The first-order valence-corrected chi connectivity index (χ1v) is 5.33. The summed E-state index contributed by atoms with van der Waals surface area (Å²) in [7, 11) is 0. The SMILES string of the molecule is O=C=Nc1cccc(Oc2c(F)c(F)c(F)c(F)c2F)c1. The number of carbonyl (C=O) groups excluding carboxylic acids is 1. The molecule has 0 bridgehead atoms. The summed E-state index contributed by atoms with van der Waals surface area (Å²) >= 11 is 0. The van der Waals surface area contributed by atoms with Crippen LogP contribution in [0.25, 0.3) is 0 Å². The van der Waals surface area contributed by atoms with E-state index in [9.17, 15) is 26.7 Å². The van der Waals surface area contributed by atoms with Gasteiger partial charge in [0, 0.05) is 6.07 Å². The smallest absolute Gasteiger partial charge is 0.240 e. The molecule has 0 spiro atoms. The van der Waals surface area contributed by atoms with Crippen molar-refractivity contribution < 1.29 is 31.5 Å². The molecule has 108 valence electrons. The standard InChI is InChI=1S/C13H4F5NO2/c14-8-9(15)11(17)13(12(18)10(8)16)21-7-3-1-2-6(4-7)19-5-20/h1-4H. The Balaban J connectivity index is 2.49. The molecule has 0 radical (unpaired) electrons. The van der Waals surface area contributed by atoms with Crippen molar-refractivity contribution in [3.63, 3.8) is 0 Å². The minimum absolute atomic E-state index is 0.0337. The highest BCUT2D eigenvalue weighted by Gasteiger charge is 2.27. The van der Waals surface area contributed by atoms with Crippen molar-refractivity contribution in [1.29, 1.82) is 0 Å². The van der Waals surface area contributed by atoms with Crippen LogP contribution in [-0.2, 0) is 4.79 Å². The maximum absolute atomic E-state index is 13.4. The van der Waals surface area contributed by atoms with Gasteiger partial charge in [-0.15, -0.1) is 0 Å². The van der Waals surface area contributed by atoms with Gasteiger partial charge < -0.3 is 4.74 Å². The van der Waals surface area contributed by atoms with E-state index in [-0.39, 0.29) is 11.4 Å². The fourth-order valence-electron chi connectivity index (χ4n) is 1.46. The molecule has 0 amide bonds. The molecule has 0 N–H and O–H groups in total. The van der Waals surface area contributed by atoms with Gasteiger partial charge in [-0.05, 0) is 12.1 Å². The van der Waals surface area contributed by atoms with Gasteiger partial charge in [-0.1, -0.05) is 6.07 Å². The summed E-state index contributed by atoms with van der Waals surface area (Å²) in [4.78, 5) is 13.3. The molecule has 0 aliphatic rings. The third kappa shape index (κ3) is 2.75. The molecule has 2 rings (SSSR count). The van der Waals surface area contributed by atoms with Gasteiger partial charge in [0.05, 0.1) is 5.69 Å². The Morgan fingerprint density at radius 2 is 1.48 bits per heavy atom. The van der Waals surface area contributed by atoms with Crippen LogP contribution in [0.15, 0.2) is 29.3 Å². The highest BCUT2D eigenvalue weighted by Crippen LogP contribution is 2.33. The van der Waals surface area contributed by atoms with Crippen LogP contribution < -0.4 is 4.74 Å². The minimum atomic E-state index is -2.28. The van der Waals surface area contributed by atoms with Gasteiger partial charge in [0.2, 0.25) is 40.9 Å². The number of hydrogen-bond acceptors (Lipinski definition) is 3. The molecule has 0 aliphatic carbocycles. The maximum atomic E-state index is 13.4. The zero-order valence-electron chi connectivity index (χ0n) is 9.96. The van der Waals surface area contributed by atoms with E-state index in [0.29, 0.717) is 0 Å². The van der Waals surface area contributed by atoms with Crippen LogP contribution in [0.4, 0.5) is 27.6 Å². The average Bonchev–Trinajstić information content (AvgIpc) is 2.48. The van der Waals surface area contributed by atoms with Crippen LogP contribution in [0.5, 0.6) is 11.5 Å². The maximum Gasteiger partial charge on any atom is 0.240 e. The lowest BCUT2D eigenvalue weighted by molar-refractivity contribution is 0.332. The summed E-state index contributed by atoms with van der Waals surface area (Å²) in [6, 6.07) is 4.89. The van der Waals surface area contributed by atoms with Crippen molar-refractivity contribution in [1.82, 2.24) is 0 Å². The molecule has 0 fully saturated rings. The van der Waals surface area contributed by atoms with Gasteiger partial charge in [-0.25, -0.2) is 18.0 Å². The summed E-state index contributed by atoms with van der Waals surface area (Å²) in [6.07, 6.45) is 1.23. The van der Waals surface area contributed by atoms with Crippen molar-refractivity contribution in [3.8, 4) is 11.5 Å². The molecule has 0 saturated carbocycles. The number of rotatable bonds is 3. The summed E-state index contributed by atoms with van der Waals surface area (Å²) < 4.78 is 70.3. The number of hydrogen-bond donors (Lipinski definition) is 0. The van der Waals surface area contributed by atoms with Crippen molar-refractivity contribution in [3.05, 3.63) is 53.4 Å². The Morgan fingerprint density at radius 1 is 0.905 bits per heavy atom. The monoisotopic (exact) mass is 301 g/mol. The number of halogens is 5. The summed E-state index contributed by atoms with van der Waals surface area (Å²) in [5, 5.41) is 0. The van der Waals surface area contributed by atoms with E-state index in [0.717, 1.165) is 6.07 Å². The molecule has 2 aromatic carbocycles. The number of nitrogens with zero attached hydrogens (tertiary/aromatic N) is 1. The van der Waals surface area contributed by atoms with Crippen LogP contribution in [0, 0.1) is 29.1 Å². The summed E-state index contributed by atoms with van der Waals surface area (Å²) in [5.41, 5.74) is 0.0337. The fourth-order valence-corrected chi connectivity index (χ4v) is 1.46. The van der Waals surface area contributed by atoms with Crippen molar-refractivity contribution in [2.24, 2.45) is 4.99 Å². The summed E-state index contributed by atoms with van der Waals surface area (Å²) in [6.45, 7) is 0. The van der Waals surface area contributed by atoms with Crippen LogP contribution in [0.2, 0.25) is 0 Å². The highest BCUT2D eigenvalue weighted by molar-refractivity contribution is 5.52. The molecule has 3 nitrogen and oxygen atoms in total. The first kappa shape index (κ1) is 14.7. The number of isocyanates is 1. The van der Waals surface area contributed by atoms with E-state index in [1.807, 2.05) is 0 Å². The van der Waals surface area contributed by atoms with E-state index >= 15 is 0 Å². The van der Waals surface area contributed by atoms with E-state index in [1.165, 1.54) is 24.3 Å². The van der Waals surface area contributed by atoms with E-state index in [2.05, 4.69) is 9.73 Å². The zero-order chi connectivity index (χ0) is 15.6. The average molecular weight is 301 g/mol. The molecule has 0 heterocycles. The topological polar surface area (TPSA) is 38.7 Å². The molecule has 0 unspecified atom stereocenters. The van der Waals surface area contributed by atoms with Crippen molar-refractivity contribution in [2.75, 3.05) is 0 Å². The first-order chi connectivity index (χ1) is 9.95. The quantitative estimate of drug-likeness (QED) is 0.281. The largest absolute Gasteiger partial charge is 0.451 e. The first-order valence-electron chi connectivity index (χ1n) is 5.33. The fraction of sp³-hybridized carbons (Fsp3) is 0. The predicted molar refractivity (Wildman–Crippen MR) is 60.5 cm³/mol. The van der Waals surface area contributed by atoms with Gasteiger partial charge >= 0.3 is 0 Å². The van der Waals surface area contributed by atoms with Crippen LogP contribution >= 0.6 is 0 Å². The lowest BCUT2D eigenvalue weighted by atomic mass is 10.2. The van der Waals surface area contributed by atoms with Gasteiger partial charge in [-0.3, -0.25) is 0 Å². The minimum Gasteiger partial charge on any atom is -0.451 e. The lowest BCUT2D eigenvalue weighted by Gasteiger charge is -2.10. The Morgan fingerprint density at radius 3 is 2.05 bits per heavy atom. The normalized spacial score (nSPS) is 10.1. The summed E-state index contributed by atoms with van der Waals surface area (Å²) in [5.74, 6) is -12.4. The molecular formula is C13H4F5NO2. The van der Waals surface area contributed by atoms with Gasteiger partial charge in [0.25, 0.3) is 0 Å². The molecule has 8 heteroatoms. The second kappa shape index (κ2) is 5.72. The third-order valence-corrected chi connectivity index (χ3v) is 2.38. The number of ether oxygens (including phenoxy) is 1. The Bertz CT molecular complexity index is 727. The second-order valence-electron chi connectivity index (χ2n) is 3.70. The molecule has 0 aromatic heterocycles. The number of aliphatic imine (C=N–C) groups is 1. The molecule has 21 heavy (non-hydrogen) atoms. The molecule has 0 saturated heterocycles. The molecule has 2 aromatic rings. The van der Waals surface area contributed by atoms with E-state index < -0.39 is 34.8 Å².